The van der Waals surface area contributed by atoms with Crippen LogP contribution >= 0.6 is 0 Å². The van der Waals surface area contributed by atoms with Crippen molar-refractivity contribution < 1.29 is 4.74 Å². The van der Waals surface area contributed by atoms with Gasteiger partial charge in [-0.25, -0.2) is 0 Å². The Kier molecular flexibility index (Phi) is 2.28. The van der Waals surface area contributed by atoms with Crippen LogP contribution in [0.1, 0.15) is 5.56 Å². The highest BCUT2D eigenvalue weighted by Crippen LogP contribution is 2.19. The van der Waals surface area contributed by atoms with Crippen LogP contribution in [0.3, 0.4) is 0 Å². The Morgan fingerprint density at radius 2 is 1.92 bits per heavy atom. The largest absolute Gasteiger partial charge is 0.384 e. The summed E-state index contributed by atoms with van der Waals surface area (Å²) in [4.78, 5) is 0. The number of hydrogen-bond donors (Lipinski definition) is 1. The molecule has 2 heterocycles. The van der Waals surface area contributed by atoms with Gasteiger partial charge >= 0.3 is 0 Å². The van der Waals surface area contributed by atoms with Gasteiger partial charge in [0.15, 0.2) is 0 Å². The van der Waals surface area contributed by atoms with E-state index in [2.05, 4.69) is 34.3 Å². The lowest BCUT2D eigenvalue weighted by atomic mass is 10.2. The van der Waals surface area contributed by atoms with Crippen molar-refractivity contribution in [2.75, 3.05) is 25.1 Å². The smallest absolute Gasteiger partial charge is 0.0701 e. The number of anilines is 1. The van der Waals surface area contributed by atoms with Crippen LogP contribution in [0.25, 0.3) is 0 Å². The molecule has 0 atom stereocenters. The van der Waals surface area contributed by atoms with Gasteiger partial charge in [-0.15, -0.1) is 0 Å². The minimum absolute atomic E-state index is 1.00. The maximum Gasteiger partial charge on any atom is 0.0701 e. The van der Waals surface area contributed by atoms with Crippen LogP contribution in [-0.4, -0.2) is 19.8 Å². The summed E-state index contributed by atoms with van der Waals surface area (Å²) in [6.45, 7) is 3.11. The topological polar surface area (TPSA) is 24.6 Å². The lowest BCUT2D eigenvalue weighted by Gasteiger charge is -1.94. The van der Waals surface area contributed by atoms with E-state index in [1.54, 1.807) is 0 Å². The van der Waals surface area contributed by atoms with Crippen molar-refractivity contribution in [3.05, 3.63) is 29.8 Å². The second-order valence-electron chi connectivity index (χ2n) is 2.95. The van der Waals surface area contributed by atoms with Crippen LogP contribution in [0.2, 0.25) is 0 Å². The van der Waals surface area contributed by atoms with Gasteiger partial charge in [-0.1, -0.05) is 18.2 Å². The van der Waals surface area contributed by atoms with Crippen LogP contribution in [-0.2, 0) is 11.2 Å². The summed E-state index contributed by atoms with van der Waals surface area (Å²) in [5, 5.41) is 3.30. The standard InChI is InChI=1S/C8H9N.C2H4O/c1-2-4-8-7(3-1)5-6-9-8;1-2-3-1/h1-4,9H,5-6H2;1-2H2. The predicted molar refractivity (Wildman–Crippen MR) is 49.5 cm³/mol. The maximum absolute atomic E-state index is 4.50. The van der Waals surface area contributed by atoms with Crippen molar-refractivity contribution >= 4 is 5.69 Å². The highest BCUT2D eigenvalue weighted by atomic mass is 16.6. The Hall–Kier alpha value is -1.02. The van der Waals surface area contributed by atoms with Crippen molar-refractivity contribution in [1.82, 2.24) is 0 Å². The van der Waals surface area contributed by atoms with E-state index in [1.165, 1.54) is 17.7 Å². The number of nitrogens with one attached hydrogen (secondary N) is 1. The molecular weight excluding hydrogens is 150 g/mol. The first-order chi connectivity index (χ1) is 5.97. The van der Waals surface area contributed by atoms with E-state index in [4.69, 9.17) is 0 Å². The summed E-state index contributed by atoms with van der Waals surface area (Å²) in [6.07, 6.45) is 1.19. The first-order valence-corrected chi connectivity index (χ1v) is 4.36. The number of ether oxygens (including phenoxy) is 1. The van der Waals surface area contributed by atoms with Crippen LogP contribution in [0, 0.1) is 0 Å². The van der Waals surface area contributed by atoms with Gasteiger partial charge in [0, 0.05) is 12.2 Å². The maximum atomic E-state index is 4.50. The van der Waals surface area contributed by atoms with E-state index < -0.39 is 0 Å². The van der Waals surface area contributed by atoms with Crippen LogP contribution in [0.15, 0.2) is 24.3 Å². The summed E-state index contributed by atoms with van der Waals surface area (Å²) >= 11 is 0. The molecule has 0 amide bonds. The highest BCUT2D eigenvalue weighted by molar-refractivity contribution is 5.54. The second-order valence-corrected chi connectivity index (χ2v) is 2.95. The first kappa shape index (κ1) is 7.62. The van der Waals surface area contributed by atoms with Crippen molar-refractivity contribution in [3.8, 4) is 0 Å². The Bertz CT molecular complexity index is 232. The average molecular weight is 163 g/mol. The molecular formula is C10H13NO. The van der Waals surface area contributed by atoms with Crippen LogP contribution < -0.4 is 5.32 Å². The molecule has 1 N–H and O–H groups in total. The molecule has 1 aromatic rings. The van der Waals surface area contributed by atoms with E-state index >= 15 is 0 Å². The molecule has 2 aliphatic heterocycles. The summed E-state index contributed by atoms with van der Waals surface area (Å²) in [5.41, 5.74) is 2.77. The van der Waals surface area contributed by atoms with Gasteiger partial charge in [0.25, 0.3) is 0 Å². The zero-order chi connectivity index (χ0) is 8.23. The SMILES string of the molecule is C1CO1.c1ccc2c(c1)CCN2. The molecule has 1 saturated heterocycles. The van der Waals surface area contributed by atoms with Gasteiger partial charge in [-0.05, 0) is 18.1 Å². The Morgan fingerprint density at radius 1 is 1.17 bits per heavy atom. The fourth-order valence-corrected chi connectivity index (χ4v) is 1.24. The third-order valence-electron chi connectivity index (χ3n) is 1.93. The van der Waals surface area contributed by atoms with Gasteiger partial charge in [0.05, 0.1) is 13.2 Å². The van der Waals surface area contributed by atoms with E-state index in [0.717, 1.165) is 19.8 Å². The predicted octanol–water partition coefficient (Wildman–Crippen LogP) is 1.67. The molecule has 0 unspecified atom stereocenters. The van der Waals surface area contributed by atoms with E-state index in [1.807, 2.05) is 0 Å². The van der Waals surface area contributed by atoms with E-state index in [0.29, 0.717) is 0 Å². The molecule has 3 rings (SSSR count). The molecule has 1 aromatic carbocycles. The van der Waals surface area contributed by atoms with E-state index in [9.17, 15) is 0 Å². The van der Waals surface area contributed by atoms with E-state index in [-0.39, 0.29) is 0 Å². The van der Waals surface area contributed by atoms with Gasteiger partial charge in [0.1, 0.15) is 0 Å². The third kappa shape index (κ3) is 1.98. The monoisotopic (exact) mass is 163 g/mol. The number of para-hydroxylation sites is 1. The molecule has 12 heavy (non-hydrogen) atoms. The Labute approximate surface area is 72.5 Å². The number of benzene rings is 1. The van der Waals surface area contributed by atoms with Crippen molar-refractivity contribution in [3.63, 3.8) is 0 Å². The minimum atomic E-state index is 1.00. The lowest BCUT2D eigenvalue weighted by molar-refractivity contribution is 0.475. The molecule has 0 aliphatic carbocycles. The first-order valence-electron chi connectivity index (χ1n) is 4.36. The summed E-state index contributed by atoms with van der Waals surface area (Å²) in [7, 11) is 0. The Morgan fingerprint density at radius 3 is 2.58 bits per heavy atom. The fraction of sp³-hybridized carbons (Fsp3) is 0.400. The normalized spacial score (nSPS) is 17.0. The van der Waals surface area contributed by atoms with Gasteiger partial charge in [-0.3, -0.25) is 0 Å². The lowest BCUT2D eigenvalue weighted by Crippen LogP contribution is -1.90. The average Bonchev–Trinajstić information content (AvgIpc) is 2.91. The molecule has 2 aliphatic rings. The summed E-state index contributed by atoms with van der Waals surface area (Å²) < 4.78 is 4.50. The van der Waals surface area contributed by atoms with Crippen molar-refractivity contribution in [1.29, 1.82) is 0 Å². The highest BCUT2D eigenvalue weighted by Gasteiger charge is 2.05. The van der Waals surface area contributed by atoms with Gasteiger partial charge in [0.2, 0.25) is 0 Å². The quantitative estimate of drug-likeness (QED) is 0.588. The molecule has 1 fully saturated rings. The summed E-state index contributed by atoms with van der Waals surface area (Å²) in [5.74, 6) is 0. The molecule has 0 radical (unpaired) electrons. The number of hydrogen-bond acceptors (Lipinski definition) is 2. The van der Waals surface area contributed by atoms with Crippen molar-refractivity contribution in [2.45, 2.75) is 6.42 Å². The van der Waals surface area contributed by atoms with Crippen molar-refractivity contribution in [2.24, 2.45) is 0 Å². The number of fused-ring (bicyclic) bond motifs is 1. The molecule has 2 heteroatoms. The minimum Gasteiger partial charge on any atom is -0.384 e. The fourth-order valence-electron chi connectivity index (χ4n) is 1.24. The number of epoxide rings is 1. The molecule has 2 nitrogen and oxygen atoms in total. The van der Waals surface area contributed by atoms with Gasteiger partial charge in [-0.2, -0.15) is 0 Å². The number of rotatable bonds is 0. The zero-order valence-electron chi connectivity index (χ0n) is 7.05. The third-order valence-corrected chi connectivity index (χ3v) is 1.93. The summed E-state index contributed by atoms with van der Waals surface area (Å²) in [6, 6.07) is 8.46. The van der Waals surface area contributed by atoms with Crippen LogP contribution in [0.4, 0.5) is 5.69 Å². The molecule has 0 aromatic heterocycles. The molecule has 64 valence electrons. The van der Waals surface area contributed by atoms with Gasteiger partial charge < -0.3 is 10.1 Å². The molecule has 0 spiro atoms. The Balaban J connectivity index is 0.000000159. The molecule has 0 bridgehead atoms. The zero-order valence-corrected chi connectivity index (χ0v) is 7.05. The second kappa shape index (κ2) is 3.59. The molecule has 0 saturated carbocycles. The van der Waals surface area contributed by atoms with Crippen LogP contribution in [0.5, 0.6) is 0 Å².